The number of aliphatic hydroxyl groups is 1. The molecule has 0 saturated carbocycles. The van der Waals surface area contributed by atoms with Gasteiger partial charge in [-0.3, -0.25) is 0 Å². The lowest BCUT2D eigenvalue weighted by atomic mass is 10.0. The minimum Gasteiger partial charge on any atom is -0.396 e. The Morgan fingerprint density at radius 2 is 1.96 bits per heavy atom. The maximum Gasteiger partial charge on any atom is 0.151 e. The number of hydrogen-bond acceptors (Lipinski definition) is 3. The number of halogens is 1. The number of rotatable bonds is 7. The van der Waals surface area contributed by atoms with Crippen molar-refractivity contribution in [3.8, 4) is 0 Å². The number of nitrogens with one attached hydrogen (secondary N) is 2. The molecular formula is C18H20FN3O. The van der Waals surface area contributed by atoms with Gasteiger partial charge in [0.05, 0.1) is 12.1 Å². The maximum atomic E-state index is 13.7. The number of benzene rings is 2. The number of aromatic amines is 1. The predicted octanol–water partition coefficient (Wildman–Crippen LogP) is 3.31. The molecule has 1 atom stereocenters. The second-order valence-corrected chi connectivity index (χ2v) is 5.53. The number of aromatic nitrogens is 2. The van der Waals surface area contributed by atoms with Crippen LogP contribution in [0, 0.1) is 5.82 Å². The number of imidazole rings is 1. The quantitative estimate of drug-likeness (QED) is 0.627. The van der Waals surface area contributed by atoms with Gasteiger partial charge in [-0.05, 0) is 30.5 Å². The topological polar surface area (TPSA) is 60.9 Å². The largest absolute Gasteiger partial charge is 0.396 e. The first-order valence-electron chi connectivity index (χ1n) is 7.80. The van der Waals surface area contributed by atoms with Gasteiger partial charge in [-0.2, -0.15) is 0 Å². The number of fused-ring (bicyclic) bond motifs is 1. The van der Waals surface area contributed by atoms with Gasteiger partial charge in [0, 0.05) is 12.6 Å². The third-order valence-corrected chi connectivity index (χ3v) is 3.88. The van der Waals surface area contributed by atoms with Gasteiger partial charge in [0.25, 0.3) is 0 Å². The number of hydrogen-bond donors (Lipinski definition) is 3. The normalized spacial score (nSPS) is 12.6. The minimum absolute atomic E-state index is 0.126. The lowest BCUT2D eigenvalue weighted by Gasteiger charge is -2.18. The Hall–Kier alpha value is -2.24. The summed E-state index contributed by atoms with van der Waals surface area (Å²) in [5.41, 5.74) is 2.24. The SMILES string of the molecule is OCCCC(NCc1nc2c(F)cccc2[nH]1)c1ccccc1. The van der Waals surface area contributed by atoms with Crippen molar-refractivity contribution in [1.82, 2.24) is 15.3 Å². The van der Waals surface area contributed by atoms with Crippen molar-refractivity contribution in [2.45, 2.75) is 25.4 Å². The molecule has 5 heteroatoms. The van der Waals surface area contributed by atoms with E-state index < -0.39 is 0 Å². The molecule has 1 heterocycles. The molecule has 0 aliphatic heterocycles. The Balaban J connectivity index is 1.73. The number of aliphatic hydroxyl groups excluding tert-OH is 1. The molecule has 3 N–H and O–H groups in total. The number of H-pyrrole nitrogens is 1. The van der Waals surface area contributed by atoms with E-state index in [1.165, 1.54) is 11.6 Å². The Morgan fingerprint density at radius 3 is 2.70 bits per heavy atom. The minimum atomic E-state index is -0.315. The molecule has 0 amide bonds. The Bertz CT molecular complexity index is 757. The fourth-order valence-corrected chi connectivity index (χ4v) is 2.72. The molecule has 0 spiro atoms. The Morgan fingerprint density at radius 1 is 1.13 bits per heavy atom. The molecule has 0 bridgehead atoms. The fourth-order valence-electron chi connectivity index (χ4n) is 2.72. The van der Waals surface area contributed by atoms with E-state index >= 15 is 0 Å². The van der Waals surface area contributed by atoms with E-state index in [1.54, 1.807) is 6.07 Å². The summed E-state index contributed by atoms with van der Waals surface area (Å²) >= 11 is 0. The van der Waals surface area contributed by atoms with E-state index in [4.69, 9.17) is 5.11 Å². The fraction of sp³-hybridized carbons (Fsp3) is 0.278. The smallest absolute Gasteiger partial charge is 0.151 e. The van der Waals surface area contributed by atoms with Crippen molar-refractivity contribution in [3.63, 3.8) is 0 Å². The third kappa shape index (κ3) is 3.75. The molecule has 3 rings (SSSR count). The second kappa shape index (κ2) is 7.35. The maximum absolute atomic E-state index is 13.7. The van der Waals surface area contributed by atoms with E-state index in [9.17, 15) is 4.39 Å². The van der Waals surface area contributed by atoms with Crippen molar-refractivity contribution in [3.05, 3.63) is 65.7 Å². The Labute approximate surface area is 134 Å². The van der Waals surface area contributed by atoms with Crippen molar-refractivity contribution in [2.24, 2.45) is 0 Å². The van der Waals surface area contributed by atoms with Crippen LogP contribution < -0.4 is 5.32 Å². The van der Waals surface area contributed by atoms with Crippen molar-refractivity contribution < 1.29 is 9.50 Å². The summed E-state index contributed by atoms with van der Waals surface area (Å²) in [5, 5.41) is 12.5. The summed E-state index contributed by atoms with van der Waals surface area (Å²) < 4.78 is 13.7. The standard InChI is InChI=1S/C18H20FN3O/c19-14-8-4-9-16-18(14)22-17(21-16)12-20-15(10-5-11-23)13-6-2-1-3-7-13/h1-4,6-9,15,20,23H,5,10-12H2,(H,21,22). The first-order valence-corrected chi connectivity index (χ1v) is 7.80. The molecule has 0 saturated heterocycles. The monoisotopic (exact) mass is 313 g/mol. The highest BCUT2D eigenvalue weighted by Gasteiger charge is 2.12. The van der Waals surface area contributed by atoms with E-state index in [0.29, 0.717) is 23.4 Å². The van der Waals surface area contributed by atoms with Crippen LogP contribution in [0.3, 0.4) is 0 Å². The highest BCUT2D eigenvalue weighted by molar-refractivity contribution is 5.75. The van der Waals surface area contributed by atoms with Gasteiger partial charge in [-0.15, -0.1) is 0 Å². The summed E-state index contributed by atoms with van der Waals surface area (Å²) in [4.78, 5) is 7.45. The number of para-hydroxylation sites is 1. The van der Waals surface area contributed by atoms with Gasteiger partial charge in [0.1, 0.15) is 11.3 Å². The van der Waals surface area contributed by atoms with Crippen LogP contribution in [0.5, 0.6) is 0 Å². The van der Waals surface area contributed by atoms with Gasteiger partial charge >= 0.3 is 0 Å². The molecule has 1 aromatic heterocycles. The molecule has 4 nitrogen and oxygen atoms in total. The highest BCUT2D eigenvalue weighted by Crippen LogP contribution is 2.19. The average Bonchev–Trinajstić information content (AvgIpc) is 3.00. The van der Waals surface area contributed by atoms with Crippen LogP contribution in [-0.4, -0.2) is 21.7 Å². The first kappa shape index (κ1) is 15.6. The van der Waals surface area contributed by atoms with E-state index in [0.717, 1.165) is 12.8 Å². The summed E-state index contributed by atoms with van der Waals surface area (Å²) in [5.74, 6) is 0.389. The van der Waals surface area contributed by atoms with Gasteiger partial charge in [-0.1, -0.05) is 36.4 Å². The van der Waals surface area contributed by atoms with E-state index in [-0.39, 0.29) is 18.5 Å². The molecule has 0 fully saturated rings. The third-order valence-electron chi connectivity index (χ3n) is 3.88. The lowest BCUT2D eigenvalue weighted by molar-refractivity contribution is 0.274. The van der Waals surface area contributed by atoms with Crippen LogP contribution in [0.1, 0.15) is 30.3 Å². The number of nitrogens with zero attached hydrogens (tertiary/aromatic N) is 1. The zero-order valence-corrected chi connectivity index (χ0v) is 12.8. The summed E-state index contributed by atoms with van der Waals surface area (Å²) in [7, 11) is 0. The van der Waals surface area contributed by atoms with Crippen molar-refractivity contribution >= 4 is 11.0 Å². The average molecular weight is 313 g/mol. The molecule has 23 heavy (non-hydrogen) atoms. The summed E-state index contributed by atoms with van der Waals surface area (Å²) in [6.45, 7) is 0.681. The van der Waals surface area contributed by atoms with Crippen LogP contribution in [0.25, 0.3) is 11.0 Å². The zero-order valence-electron chi connectivity index (χ0n) is 12.8. The van der Waals surface area contributed by atoms with Crippen molar-refractivity contribution in [2.75, 3.05) is 6.61 Å². The zero-order chi connectivity index (χ0) is 16.1. The highest BCUT2D eigenvalue weighted by atomic mass is 19.1. The van der Waals surface area contributed by atoms with Crippen LogP contribution in [-0.2, 0) is 6.54 Å². The summed E-state index contributed by atoms with van der Waals surface area (Å²) in [6, 6.07) is 15.1. The van der Waals surface area contributed by atoms with Crippen LogP contribution in [0.2, 0.25) is 0 Å². The second-order valence-electron chi connectivity index (χ2n) is 5.53. The van der Waals surface area contributed by atoms with Gasteiger partial charge in [-0.25, -0.2) is 9.37 Å². The lowest BCUT2D eigenvalue weighted by Crippen LogP contribution is -2.22. The molecular weight excluding hydrogens is 293 g/mol. The molecule has 120 valence electrons. The van der Waals surface area contributed by atoms with Gasteiger partial charge in [0.15, 0.2) is 5.82 Å². The molecule has 2 aromatic carbocycles. The molecule has 0 aliphatic carbocycles. The predicted molar refractivity (Wildman–Crippen MR) is 88.4 cm³/mol. The van der Waals surface area contributed by atoms with Gasteiger partial charge < -0.3 is 15.4 Å². The molecule has 1 unspecified atom stereocenters. The molecule has 0 aliphatic rings. The van der Waals surface area contributed by atoms with Crippen LogP contribution >= 0.6 is 0 Å². The molecule has 3 aromatic rings. The van der Waals surface area contributed by atoms with Crippen LogP contribution in [0.4, 0.5) is 4.39 Å². The van der Waals surface area contributed by atoms with E-state index in [1.807, 2.05) is 24.3 Å². The van der Waals surface area contributed by atoms with Gasteiger partial charge in [0.2, 0.25) is 0 Å². The van der Waals surface area contributed by atoms with Crippen molar-refractivity contribution in [1.29, 1.82) is 0 Å². The molecule has 0 radical (unpaired) electrons. The van der Waals surface area contributed by atoms with E-state index in [2.05, 4.69) is 27.4 Å². The summed E-state index contributed by atoms with van der Waals surface area (Å²) in [6.07, 6.45) is 1.55. The first-order chi connectivity index (χ1) is 11.3. The van der Waals surface area contributed by atoms with Crippen LogP contribution in [0.15, 0.2) is 48.5 Å². The Kier molecular flexibility index (Phi) is 5.00.